The van der Waals surface area contributed by atoms with Gasteiger partial charge in [-0.1, -0.05) is 0 Å². The molecule has 86 valence electrons. The lowest BCUT2D eigenvalue weighted by Gasteiger charge is -2.29. The first-order chi connectivity index (χ1) is 7.09. The molecule has 2 rings (SSSR count). The Balaban J connectivity index is 1.97. The van der Waals surface area contributed by atoms with Crippen molar-refractivity contribution >= 4 is 5.97 Å². The summed E-state index contributed by atoms with van der Waals surface area (Å²) in [5.74, 6) is -0.785. The van der Waals surface area contributed by atoms with Crippen LogP contribution in [0.2, 0.25) is 0 Å². The summed E-state index contributed by atoms with van der Waals surface area (Å²) >= 11 is 0. The number of nitrogens with zero attached hydrogens (tertiary/aromatic N) is 2. The minimum absolute atomic E-state index is 0.157. The summed E-state index contributed by atoms with van der Waals surface area (Å²) in [6, 6.07) is 0.786. The summed E-state index contributed by atoms with van der Waals surface area (Å²) in [6.45, 7) is 5.25. The molecular weight excluding hydrogens is 192 g/mol. The largest absolute Gasteiger partial charge is 0.481 e. The molecule has 2 aliphatic rings. The van der Waals surface area contributed by atoms with Crippen LogP contribution in [0.4, 0.5) is 0 Å². The molecule has 0 aromatic carbocycles. The Bertz CT molecular complexity index is 257. The van der Waals surface area contributed by atoms with Crippen LogP contribution in [-0.4, -0.2) is 59.6 Å². The van der Waals surface area contributed by atoms with Gasteiger partial charge in [0, 0.05) is 18.6 Å². The maximum atomic E-state index is 11.0. The molecule has 0 aliphatic carbocycles. The van der Waals surface area contributed by atoms with Crippen LogP contribution in [0.1, 0.15) is 19.8 Å². The molecule has 0 radical (unpaired) electrons. The number of likely N-dealkylation sites (N-methyl/N-ethyl adjacent to an activating group) is 1. The number of hydrogen-bond donors (Lipinski definition) is 1. The quantitative estimate of drug-likeness (QED) is 0.723. The zero-order valence-electron chi connectivity index (χ0n) is 9.52. The van der Waals surface area contributed by atoms with Crippen LogP contribution < -0.4 is 0 Å². The highest BCUT2D eigenvalue weighted by molar-refractivity contribution is 5.71. The molecule has 0 saturated carbocycles. The molecule has 2 heterocycles. The summed E-state index contributed by atoms with van der Waals surface area (Å²) in [5.41, 5.74) is 0. The molecule has 3 unspecified atom stereocenters. The minimum atomic E-state index is -0.628. The van der Waals surface area contributed by atoms with E-state index < -0.39 is 5.97 Å². The molecule has 15 heavy (non-hydrogen) atoms. The molecule has 1 N–H and O–H groups in total. The highest BCUT2D eigenvalue weighted by Gasteiger charge is 2.40. The van der Waals surface area contributed by atoms with Gasteiger partial charge < -0.3 is 10.0 Å². The van der Waals surface area contributed by atoms with Crippen molar-refractivity contribution in [2.24, 2.45) is 5.92 Å². The van der Waals surface area contributed by atoms with Gasteiger partial charge in [0.05, 0.1) is 5.92 Å². The normalized spacial score (nSPS) is 38.7. The Morgan fingerprint density at radius 2 is 2.07 bits per heavy atom. The van der Waals surface area contributed by atoms with Gasteiger partial charge in [-0.15, -0.1) is 0 Å². The van der Waals surface area contributed by atoms with Crippen molar-refractivity contribution < 1.29 is 9.90 Å². The van der Waals surface area contributed by atoms with Crippen molar-refractivity contribution in [3.8, 4) is 0 Å². The maximum Gasteiger partial charge on any atom is 0.308 e. The zero-order valence-corrected chi connectivity index (χ0v) is 9.52. The monoisotopic (exact) mass is 212 g/mol. The first-order valence-corrected chi connectivity index (χ1v) is 5.76. The molecule has 0 spiro atoms. The number of carboxylic acids is 1. The molecule has 4 nitrogen and oxygen atoms in total. The second-order valence-electron chi connectivity index (χ2n) is 4.92. The van der Waals surface area contributed by atoms with Gasteiger partial charge in [-0.3, -0.25) is 9.69 Å². The second-order valence-corrected chi connectivity index (χ2v) is 4.92. The van der Waals surface area contributed by atoms with Crippen LogP contribution >= 0.6 is 0 Å². The molecule has 0 amide bonds. The molecule has 3 atom stereocenters. The van der Waals surface area contributed by atoms with E-state index in [2.05, 4.69) is 23.8 Å². The standard InChI is InChI=1S/C11H20N2O2/c1-8-10(11(14)15)4-6-13(8)9-3-5-12(2)7-9/h8-10H,3-7H2,1-2H3,(H,14,15). The van der Waals surface area contributed by atoms with Gasteiger partial charge in [-0.2, -0.15) is 0 Å². The number of aliphatic carboxylic acids is 1. The van der Waals surface area contributed by atoms with Gasteiger partial charge in [-0.25, -0.2) is 0 Å². The van der Waals surface area contributed by atoms with Crippen LogP contribution in [0.25, 0.3) is 0 Å². The van der Waals surface area contributed by atoms with E-state index in [9.17, 15) is 4.79 Å². The Hall–Kier alpha value is -0.610. The van der Waals surface area contributed by atoms with Crippen molar-refractivity contribution in [3.63, 3.8) is 0 Å². The van der Waals surface area contributed by atoms with E-state index in [4.69, 9.17) is 5.11 Å². The predicted octanol–water partition coefficient (Wildman–Crippen LogP) is 0.486. The maximum absolute atomic E-state index is 11.0. The zero-order chi connectivity index (χ0) is 11.0. The predicted molar refractivity (Wildman–Crippen MR) is 57.8 cm³/mol. The SMILES string of the molecule is CC1C(C(=O)O)CCN1C1CCN(C)C1. The molecule has 0 bridgehead atoms. The Kier molecular flexibility index (Phi) is 2.98. The van der Waals surface area contributed by atoms with E-state index in [0.29, 0.717) is 6.04 Å². The van der Waals surface area contributed by atoms with Gasteiger partial charge in [0.25, 0.3) is 0 Å². The van der Waals surface area contributed by atoms with Crippen molar-refractivity contribution in [1.29, 1.82) is 0 Å². The smallest absolute Gasteiger partial charge is 0.308 e. The van der Waals surface area contributed by atoms with Gasteiger partial charge in [0.1, 0.15) is 0 Å². The lowest BCUT2D eigenvalue weighted by molar-refractivity contribution is -0.142. The summed E-state index contributed by atoms with van der Waals surface area (Å²) in [7, 11) is 2.13. The van der Waals surface area contributed by atoms with Gasteiger partial charge in [0.2, 0.25) is 0 Å². The molecular formula is C11H20N2O2. The van der Waals surface area contributed by atoms with Crippen molar-refractivity contribution in [1.82, 2.24) is 9.80 Å². The summed E-state index contributed by atoms with van der Waals surface area (Å²) in [6.07, 6.45) is 2.00. The van der Waals surface area contributed by atoms with Crippen LogP contribution in [0, 0.1) is 5.92 Å². The van der Waals surface area contributed by atoms with E-state index in [1.807, 2.05) is 0 Å². The summed E-state index contributed by atoms with van der Waals surface area (Å²) < 4.78 is 0. The van der Waals surface area contributed by atoms with Gasteiger partial charge in [-0.05, 0) is 39.9 Å². The van der Waals surface area contributed by atoms with Crippen LogP contribution in [0.5, 0.6) is 0 Å². The average molecular weight is 212 g/mol. The molecule has 4 heteroatoms. The first kappa shape index (κ1) is 10.9. The van der Waals surface area contributed by atoms with Crippen molar-refractivity contribution in [3.05, 3.63) is 0 Å². The highest BCUT2D eigenvalue weighted by Crippen LogP contribution is 2.29. The fraction of sp³-hybridized carbons (Fsp3) is 0.909. The third-order valence-electron chi connectivity index (χ3n) is 3.96. The topological polar surface area (TPSA) is 43.8 Å². The fourth-order valence-corrected chi connectivity index (χ4v) is 2.99. The minimum Gasteiger partial charge on any atom is -0.481 e. The number of carboxylic acid groups (broad SMARTS) is 1. The van der Waals surface area contributed by atoms with E-state index in [0.717, 1.165) is 26.1 Å². The van der Waals surface area contributed by atoms with Gasteiger partial charge >= 0.3 is 5.97 Å². The van der Waals surface area contributed by atoms with Gasteiger partial charge in [0.15, 0.2) is 0 Å². The highest BCUT2D eigenvalue weighted by atomic mass is 16.4. The summed E-state index contributed by atoms with van der Waals surface area (Å²) in [5, 5.41) is 9.06. The van der Waals surface area contributed by atoms with E-state index in [1.54, 1.807) is 0 Å². The average Bonchev–Trinajstić information content (AvgIpc) is 2.71. The first-order valence-electron chi connectivity index (χ1n) is 5.76. The molecule has 2 fully saturated rings. The third kappa shape index (κ3) is 2.01. The Morgan fingerprint density at radius 1 is 1.33 bits per heavy atom. The molecule has 2 saturated heterocycles. The third-order valence-corrected chi connectivity index (χ3v) is 3.96. The molecule has 0 aromatic heterocycles. The Labute approximate surface area is 90.9 Å². The van der Waals surface area contributed by atoms with E-state index in [1.165, 1.54) is 6.42 Å². The lowest BCUT2D eigenvalue weighted by atomic mass is 10.0. The van der Waals surface area contributed by atoms with Crippen molar-refractivity contribution in [2.75, 3.05) is 26.7 Å². The summed E-state index contributed by atoms with van der Waals surface area (Å²) in [4.78, 5) is 15.7. The second kappa shape index (κ2) is 4.10. The number of rotatable bonds is 2. The lowest BCUT2D eigenvalue weighted by Crippen LogP contribution is -2.41. The number of likely N-dealkylation sites (tertiary alicyclic amines) is 2. The number of hydrogen-bond acceptors (Lipinski definition) is 3. The van der Waals surface area contributed by atoms with E-state index >= 15 is 0 Å². The van der Waals surface area contributed by atoms with Crippen LogP contribution in [0.15, 0.2) is 0 Å². The molecule has 0 aromatic rings. The van der Waals surface area contributed by atoms with Crippen LogP contribution in [0.3, 0.4) is 0 Å². The van der Waals surface area contributed by atoms with Crippen molar-refractivity contribution in [2.45, 2.75) is 31.8 Å². The molecule has 2 aliphatic heterocycles. The fourth-order valence-electron chi connectivity index (χ4n) is 2.99. The Morgan fingerprint density at radius 3 is 2.53 bits per heavy atom. The number of carbonyl (C=O) groups is 1. The van der Waals surface area contributed by atoms with Crippen LogP contribution in [-0.2, 0) is 4.79 Å². The van der Waals surface area contributed by atoms with E-state index in [-0.39, 0.29) is 12.0 Å².